The molecule has 3 aliphatic carbocycles. The first-order valence-corrected chi connectivity index (χ1v) is 13.3. The minimum atomic E-state index is -4.69. The summed E-state index contributed by atoms with van der Waals surface area (Å²) in [7, 11) is 0. The maximum atomic E-state index is 14.6. The normalized spacial score (nSPS) is 30.2. The van der Waals surface area contributed by atoms with Crippen LogP contribution < -0.4 is 0 Å². The van der Waals surface area contributed by atoms with Gasteiger partial charge in [0.05, 0.1) is 12.5 Å². The van der Waals surface area contributed by atoms with Crippen LogP contribution >= 0.6 is 0 Å². The van der Waals surface area contributed by atoms with Gasteiger partial charge < -0.3 is 14.2 Å². The summed E-state index contributed by atoms with van der Waals surface area (Å²) >= 11 is 0. The molecular weight excluding hydrogens is 464 g/mol. The number of alkyl halides is 4. The van der Waals surface area contributed by atoms with Gasteiger partial charge in [-0.25, -0.2) is 0 Å². The second-order valence-corrected chi connectivity index (χ2v) is 10.4. The highest BCUT2D eigenvalue weighted by Gasteiger charge is 2.65. The van der Waals surface area contributed by atoms with Crippen LogP contribution in [0.2, 0.25) is 0 Å². The molecule has 0 saturated heterocycles. The summed E-state index contributed by atoms with van der Waals surface area (Å²) in [6, 6.07) is 0. The molecule has 0 aromatic rings. The number of carbonyl (C=O) groups is 1. The van der Waals surface area contributed by atoms with Crippen molar-refractivity contribution >= 4 is 5.97 Å². The van der Waals surface area contributed by atoms with Gasteiger partial charge in [-0.15, -0.1) is 0 Å². The molecule has 4 nitrogen and oxygen atoms in total. The van der Waals surface area contributed by atoms with Gasteiger partial charge in [-0.3, -0.25) is 4.79 Å². The fourth-order valence-electron chi connectivity index (χ4n) is 5.61. The van der Waals surface area contributed by atoms with E-state index in [-0.39, 0.29) is 0 Å². The van der Waals surface area contributed by atoms with Gasteiger partial charge in [-0.2, -0.15) is 17.6 Å². The number of carbonyl (C=O) groups excluding carboxylic acids is 1. The van der Waals surface area contributed by atoms with Crippen molar-refractivity contribution in [3.05, 3.63) is 23.7 Å². The Bertz CT molecular complexity index is 748. The van der Waals surface area contributed by atoms with E-state index in [0.29, 0.717) is 37.4 Å². The predicted molar refractivity (Wildman–Crippen MR) is 125 cm³/mol. The molecule has 0 amide bonds. The third kappa shape index (κ3) is 7.01. The SMILES string of the molecule is CCCC1CCC(COCOC2=CC=C(OC(=O)C3CCC(CCC)CC3)C(F)(F)C2(F)F)CC1. The first-order chi connectivity index (χ1) is 16.7. The van der Waals surface area contributed by atoms with Crippen LogP contribution in [-0.2, 0) is 19.0 Å². The zero-order chi connectivity index (χ0) is 25.5. The van der Waals surface area contributed by atoms with Crippen molar-refractivity contribution in [2.45, 2.75) is 103 Å². The molecule has 0 atom stereocenters. The van der Waals surface area contributed by atoms with Crippen molar-refractivity contribution < 1.29 is 36.6 Å². The number of allylic oxidation sites excluding steroid dienone is 4. The van der Waals surface area contributed by atoms with Gasteiger partial charge in [0.2, 0.25) is 0 Å². The Balaban J connectivity index is 1.49. The second kappa shape index (κ2) is 12.6. The molecule has 35 heavy (non-hydrogen) atoms. The summed E-state index contributed by atoms with van der Waals surface area (Å²) in [6.45, 7) is 4.09. The third-order valence-electron chi connectivity index (χ3n) is 7.80. The van der Waals surface area contributed by atoms with E-state index in [1.807, 2.05) is 0 Å². The summed E-state index contributed by atoms with van der Waals surface area (Å²) < 4.78 is 73.6. The van der Waals surface area contributed by atoms with Gasteiger partial charge >= 0.3 is 17.8 Å². The van der Waals surface area contributed by atoms with E-state index in [1.165, 1.54) is 12.8 Å². The fraction of sp³-hybridized carbons (Fsp3) is 0.815. The van der Waals surface area contributed by atoms with Crippen LogP contribution in [-0.4, -0.2) is 31.2 Å². The Kier molecular flexibility index (Phi) is 10.1. The summed E-state index contributed by atoms with van der Waals surface area (Å²) in [5.74, 6) is -11.7. The topological polar surface area (TPSA) is 44.8 Å². The van der Waals surface area contributed by atoms with Crippen LogP contribution in [0.25, 0.3) is 0 Å². The molecule has 0 aliphatic heterocycles. The Labute approximate surface area is 206 Å². The van der Waals surface area contributed by atoms with E-state index in [1.54, 1.807) is 0 Å². The second-order valence-electron chi connectivity index (χ2n) is 10.4. The maximum Gasteiger partial charge on any atom is 0.374 e. The number of halogens is 4. The largest absolute Gasteiger partial charge is 0.465 e. The van der Waals surface area contributed by atoms with Crippen molar-refractivity contribution in [3.63, 3.8) is 0 Å². The molecule has 0 spiro atoms. The van der Waals surface area contributed by atoms with Crippen molar-refractivity contribution in [2.75, 3.05) is 13.4 Å². The van der Waals surface area contributed by atoms with Crippen LogP contribution in [0.1, 0.15) is 90.9 Å². The Hall–Kier alpha value is -1.57. The first kappa shape index (κ1) is 28.0. The Morgan fingerprint density at radius 3 is 1.86 bits per heavy atom. The Morgan fingerprint density at radius 1 is 0.800 bits per heavy atom. The number of ether oxygens (including phenoxy) is 3. The average molecular weight is 505 g/mol. The van der Waals surface area contributed by atoms with Crippen LogP contribution in [0.5, 0.6) is 0 Å². The molecule has 2 fully saturated rings. The lowest BCUT2D eigenvalue weighted by molar-refractivity contribution is -0.214. The minimum Gasteiger partial charge on any atom is -0.465 e. The molecule has 0 unspecified atom stereocenters. The first-order valence-electron chi connectivity index (χ1n) is 13.3. The van der Waals surface area contributed by atoms with Crippen molar-refractivity contribution in [3.8, 4) is 0 Å². The quantitative estimate of drug-likeness (QED) is 0.125. The van der Waals surface area contributed by atoms with Crippen LogP contribution in [0.15, 0.2) is 23.7 Å². The van der Waals surface area contributed by atoms with Crippen molar-refractivity contribution in [2.24, 2.45) is 23.7 Å². The molecular formula is C27H40F4O4. The molecule has 2 saturated carbocycles. The van der Waals surface area contributed by atoms with Gasteiger partial charge in [-0.1, -0.05) is 52.4 Å². The molecule has 0 aromatic heterocycles. The number of esters is 1. The molecule has 3 rings (SSSR count). The summed E-state index contributed by atoms with van der Waals surface area (Å²) in [5.41, 5.74) is 0. The lowest BCUT2D eigenvalue weighted by Crippen LogP contribution is -2.47. The fourth-order valence-corrected chi connectivity index (χ4v) is 5.61. The molecule has 0 bridgehead atoms. The summed E-state index contributed by atoms with van der Waals surface area (Å²) in [4.78, 5) is 12.4. The van der Waals surface area contributed by atoms with Gasteiger partial charge in [-0.05, 0) is 68.4 Å². The van der Waals surface area contributed by atoms with Gasteiger partial charge in [0, 0.05) is 0 Å². The zero-order valence-electron chi connectivity index (χ0n) is 21.0. The van der Waals surface area contributed by atoms with E-state index in [9.17, 15) is 22.4 Å². The number of hydrogen-bond acceptors (Lipinski definition) is 4. The standard InChI is InChI=1S/C27H40F4O4/c1-3-5-19-7-9-21(10-8-19)17-33-18-34-23-15-16-24(27(30,31)26(23,28)29)35-25(32)22-13-11-20(6-4-2)12-14-22/h15-16,19-22H,3-14,17-18H2,1-2H3. The molecule has 0 radical (unpaired) electrons. The van der Waals surface area contributed by atoms with E-state index in [2.05, 4.69) is 13.8 Å². The smallest absolute Gasteiger partial charge is 0.374 e. The monoisotopic (exact) mass is 504 g/mol. The molecule has 0 aromatic carbocycles. The average Bonchev–Trinajstić information content (AvgIpc) is 2.83. The van der Waals surface area contributed by atoms with Crippen LogP contribution in [0.4, 0.5) is 17.6 Å². The third-order valence-corrected chi connectivity index (χ3v) is 7.80. The lowest BCUT2D eigenvalue weighted by Gasteiger charge is -2.33. The van der Waals surface area contributed by atoms with Crippen molar-refractivity contribution in [1.29, 1.82) is 0 Å². The van der Waals surface area contributed by atoms with Crippen LogP contribution in [0.3, 0.4) is 0 Å². The molecule has 0 heterocycles. The number of hydrogen-bond donors (Lipinski definition) is 0. The van der Waals surface area contributed by atoms with Gasteiger partial charge in [0.25, 0.3) is 0 Å². The van der Waals surface area contributed by atoms with E-state index < -0.39 is 42.0 Å². The van der Waals surface area contributed by atoms with E-state index in [4.69, 9.17) is 14.2 Å². The molecule has 0 N–H and O–H groups in total. The summed E-state index contributed by atoms with van der Waals surface area (Å²) in [5, 5.41) is 0. The highest BCUT2D eigenvalue weighted by Crippen LogP contribution is 2.48. The molecule has 3 aliphatic rings. The number of rotatable bonds is 11. The predicted octanol–water partition coefficient (Wildman–Crippen LogP) is 7.79. The zero-order valence-corrected chi connectivity index (χ0v) is 21.0. The van der Waals surface area contributed by atoms with E-state index in [0.717, 1.165) is 63.4 Å². The molecule has 8 heteroatoms. The highest BCUT2D eigenvalue weighted by molar-refractivity contribution is 5.74. The lowest BCUT2D eigenvalue weighted by atomic mass is 9.80. The summed E-state index contributed by atoms with van der Waals surface area (Å²) in [6.07, 6.45) is 12.9. The van der Waals surface area contributed by atoms with Gasteiger partial charge in [0.15, 0.2) is 18.3 Å². The van der Waals surface area contributed by atoms with Crippen molar-refractivity contribution in [1.82, 2.24) is 0 Å². The highest BCUT2D eigenvalue weighted by atomic mass is 19.3. The van der Waals surface area contributed by atoms with Gasteiger partial charge in [0.1, 0.15) is 0 Å². The molecule has 200 valence electrons. The minimum absolute atomic E-state index is 0.331. The van der Waals surface area contributed by atoms with E-state index >= 15 is 0 Å². The Morgan fingerprint density at radius 2 is 1.29 bits per heavy atom. The van der Waals surface area contributed by atoms with Crippen LogP contribution in [0, 0.1) is 23.7 Å². The maximum absolute atomic E-state index is 14.6.